The molecule has 1 aliphatic rings. The topological polar surface area (TPSA) is 12.0 Å². The van der Waals surface area contributed by atoms with Gasteiger partial charge in [0.05, 0.1) is 0 Å². The minimum absolute atomic E-state index is 0.520. The maximum atomic E-state index is 3.67. The zero-order valence-electron chi connectivity index (χ0n) is 14.4. The van der Waals surface area contributed by atoms with Gasteiger partial charge in [-0.05, 0) is 61.6 Å². The van der Waals surface area contributed by atoms with Gasteiger partial charge in [0.15, 0.2) is 0 Å². The molecule has 0 spiro atoms. The molecule has 1 N–H and O–H groups in total. The molecule has 0 aromatic heterocycles. The van der Waals surface area contributed by atoms with Gasteiger partial charge in [0.25, 0.3) is 0 Å². The first-order valence-corrected chi connectivity index (χ1v) is 8.84. The van der Waals surface area contributed by atoms with Gasteiger partial charge in [0.1, 0.15) is 0 Å². The van der Waals surface area contributed by atoms with Crippen LogP contribution in [0.25, 0.3) is 0 Å². The summed E-state index contributed by atoms with van der Waals surface area (Å²) >= 11 is 0. The van der Waals surface area contributed by atoms with Crippen LogP contribution >= 0.6 is 0 Å². The zero-order chi connectivity index (χ0) is 15.3. The van der Waals surface area contributed by atoms with E-state index in [0.717, 1.165) is 12.3 Å². The average molecular weight is 287 g/mol. The molecule has 1 aromatic rings. The highest BCUT2D eigenvalue weighted by atomic mass is 14.9. The molecule has 0 amide bonds. The van der Waals surface area contributed by atoms with Crippen LogP contribution in [-0.2, 0) is 12.8 Å². The van der Waals surface area contributed by atoms with Crippen LogP contribution in [-0.4, -0.2) is 13.1 Å². The Labute approximate surface area is 131 Å². The van der Waals surface area contributed by atoms with Gasteiger partial charge < -0.3 is 5.32 Å². The standard InChI is InChI=1S/C20H33N/c1-5-17-8-10-18(11-9-17)14-19(21-4)20(15-16(2)3)12-6-7-13-20/h8-11,16,19,21H,5-7,12-15H2,1-4H3. The molecular weight excluding hydrogens is 254 g/mol. The van der Waals surface area contributed by atoms with Gasteiger partial charge in [-0.3, -0.25) is 0 Å². The van der Waals surface area contributed by atoms with Crippen LogP contribution in [0.15, 0.2) is 24.3 Å². The minimum Gasteiger partial charge on any atom is -0.316 e. The third-order valence-electron chi connectivity index (χ3n) is 5.37. The van der Waals surface area contributed by atoms with E-state index in [1.807, 2.05) is 0 Å². The molecule has 118 valence electrons. The van der Waals surface area contributed by atoms with Crippen LogP contribution in [0.4, 0.5) is 0 Å². The first-order valence-electron chi connectivity index (χ1n) is 8.84. The maximum Gasteiger partial charge on any atom is 0.0161 e. The van der Waals surface area contributed by atoms with Crippen LogP contribution in [0, 0.1) is 11.3 Å². The molecule has 0 bridgehead atoms. The van der Waals surface area contributed by atoms with Crippen molar-refractivity contribution in [3.63, 3.8) is 0 Å². The molecule has 0 aliphatic heterocycles. The lowest BCUT2D eigenvalue weighted by Gasteiger charge is -2.39. The Morgan fingerprint density at radius 3 is 2.10 bits per heavy atom. The van der Waals surface area contributed by atoms with E-state index in [2.05, 4.69) is 57.4 Å². The Morgan fingerprint density at radius 1 is 1.05 bits per heavy atom. The van der Waals surface area contributed by atoms with Crippen LogP contribution < -0.4 is 5.32 Å². The quantitative estimate of drug-likeness (QED) is 0.745. The van der Waals surface area contributed by atoms with Gasteiger partial charge >= 0.3 is 0 Å². The van der Waals surface area contributed by atoms with Gasteiger partial charge in [0, 0.05) is 6.04 Å². The van der Waals surface area contributed by atoms with E-state index >= 15 is 0 Å². The summed E-state index contributed by atoms with van der Waals surface area (Å²) < 4.78 is 0. The first kappa shape index (κ1) is 16.5. The number of likely N-dealkylation sites (N-methyl/N-ethyl adjacent to an activating group) is 1. The molecule has 1 saturated carbocycles. The molecule has 1 fully saturated rings. The minimum atomic E-state index is 0.520. The van der Waals surface area contributed by atoms with Crippen molar-refractivity contribution in [2.24, 2.45) is 11.3 Å². The van der Waals surface area contributed by atoms with Gasteiger partial charge in [-0.15, -0.1) is 0 Å². The van der Waals surface area contributed by atoms with Crippen LogP contribution in [0.2, 0.25) is 0 Å². The van der Waals surface area contributed by atoms with E-state index < -0.39 is 0 Å². The molecule has 21 heavy (non-hydrogen) atoms. The largest absolute Gasteiger partial charge is 0.316 e. The molecule has 1 nitrogen and oxygen atoms in total. The molecule has 2 rings (SSSR count). The third kappa shape index (κ3) is 4.10. The smallest absolute Gasteiger partial charge is 0.0161 e. The number of rotatable bonds is 7. The summed E-state index contributed by atoms with van der Waals surface area (Å²) in [6.45, 7) is 6.98. The lowest BCUT2D eigenvalue weighted by atomic mass is 9.71. The molecule has 1 aliphatic carbocycles. The van der Waals surface area contributed by atoms with Crippen molar-refractivity contribution in [1.82, 2.24) is 5.32 Å². The Morgan fingerprint density at radius 2 is 1.62 bits per heavy atom. The predicted octanol–water partition coefficient (Wildman–Crippen LogP) is 4.99. The fourth-order valence-electron chi connectivity index (χ4n) is 4.36. The lowest BCUT2D eigenvalue weighted by molar-refractivity contribution is 0.160. The van der Waals surface area contributed by atoms with Crippen molar-refractivity contribution in [2.75, 3.05) is 7.05 Å². The Balaban J connectivity index is 2.12. The highest BCUT2D eigenvalue weighted by Gasteiger charge is 2.40. The Bertz CT molecular complexity index is 412. The molecule has 0 heterocycles. The summed E-state index contributed by atoms with van der Waals surface area (Å²) in [6.07, 6.45) is 9.32. The monoisotopic (exact) mass is 287 g/mol. The van der Waals surface area contributed by atoms with Crippen LogP contribution in [0.5, 0.6) is 0 Å². The summed E-state index contributed by atoms with van der Waals surface area (Å²) in [5.74, 6) is 0.793. The van der Waals surface area contributed by atoms with E-state index in [1.54, 1.807) is 0 Å². The Hall–Kier alpha value is -0.820. The highest BCUT2D eigenvalue weighted by Crippen LogP contribution is 2.46. The summed E-state index contributed by atoms with van der Waals surface area (Å²) in [5, 5.41) is 3.67. The van der Waals surface area contributed by atoms with Gasteiger partial charge in [-0.25, -0.2) is 0 Å². The van der Waals surface area contributed by atoms with Gasteiger partial charge in [-0.2, -0.15) is 0 Å². The second kappa shape index (κ2) is 7.45. The molecule has 1 heteroatoms. The number of benzene rings is 1. The highest BCUT2D eigenvalue weighted by molar-refractivity contribution is 5.23. The molecular formula is C20H33N. The third-order valence-corrected chi connectivity index (χ3v) is 5.37. The van der Waals surface area contributed by atoms with E-state index in [1.165, 1.54) is 49.7 Å². The van der Waals surface area contributed by atoms with Crippen molar-refractivity contribution in [1.29, 1.82) is 0 Å². The van der Waals surface area contributed by atoms with E-state index in [4.69, 9.17) is 0 Å². The summed E-state index contributed by atoms with van der Waals surface area (Å²) in [5.41, 5.74) is 3.45. The van der Waals surface area contributed by atoms with Gasteiger partial charge in [-0.1, -0.05) is 57.9 Å². The van der Waals surface area contributed by atoms with Gasteiger partial charge in [0.2, 0.25) is 0 Å². The maximum absolute atomic E-state index is 3.67. The Kier molecular flexibility index (Phi) is 5.87. The fraction of sp³-hybridized carbons (Fsp3) is 0.700. The van der Waals surface area contributed by atoms with E-state index in [-0.39, 0.29) is 0 Å². The first-order chi connectivity index (χ1) is 10.1. The molecule has 1 unspecified atom stereocenters. The fourth-order valence-corrected chi connectivity index (χ4v) is 4.36. The van der Waals surface area contributed by atoms with Crippen molar-refractivity contribution < 1.29 is 0 Å². The summed E-state index contributed by atoms with van der Waals surface area (Å²) in [6, 6.07) is 9.88. The summed E-state index contributed by atoms with van der Waals surface area (Å²) in [4.78, 5) is 0. The average Bonchev–Trinajstić information content (AvgIpc) is 2.94. The predicted molar refractivity (Wildman–Crippen MR) is 92.7 cm³/mol. The number of nitrogens with one attached hydrogen (secondary N) is 1. The second-order valence-electron chi connectivity index (χ2n) is 7.38. The molecule has 0 radical (unpaired) electrons. The number of hydrogen-bond acceptors (Lipinski definition) is 1. The molecule has 1 aromatic carbocycles. The summed E-state index contributed by atoms with van der Waals surface area (Å²) in [7, 11) is 2.16. The zero-order valence-corrected chi connectivity index (χ0v) is 14.4. The second-order valence-corrected chi connectivity index (χ2v) is 7.38. The SMILES string of the molecule is CCc1ccc(CC(NC)C2(CC(C)C)CCCC2)cc1. The van der Waals surface area contributed by atoms with Crippen molar-refractivity contribution in [2.45, 2.75) is 71.8 Å². The van der Waals surface area contributed by atoms with E-state index in [9.17, 15) is 0 Å². The number of hydrogen-bond donors (Lipinski definition) is 1. The molecule has 0 saturated heterocycles. The van der Waals surface area contributed by atoms with Crippen molar-refractivity contribution in [3.8, 4) is 0 Å². The van der Waals surface area contributed by atoms with Crippen molar-refractivity contribution in [3.05, 3.63) is 35.4 Å². The number of aryl methyl sites for hydroxylation is 1. The normalized spacial score (nSPS) is 19.1. The lowest BCUT2D eigenvalue weighted by Crippen LogP contribution is -2.44. The van der Waals surface area contributed by atoms with Crippen molar-refractivity contribution >= 4 is 0 Å². The van der Waals surface area contributed by atoms with Crippen LogP contribution in [0.1, 0.15) is 64.0 Å². The van der Waals surface area contributed by atoms with E-state index in [0.29, 0.717) is 11.5 Å². The van der Waals surface area contributed by atoms with Crippen LogP contribution in [0.3, 0.4) is 0 Å². The molecule has 1 atom stereocenters.